The summed E-state index contributed by atoms with van der Waals surface area (Å²) in [6.07, 6.45) is 0. The zero-order valence-electron chi connectivity index (χ0n) is 9.66. The van der Waals surface area contributed by atoms with Gasteiger partial charge in [0.1, 0.15) is 0 Å². The summed E-state index contributed by atoms with van der Waals surface area (Å²) in [5, 5.41) is 0. The Bertz CT molecular complexity index is 322. The highest BCUT2D eigenvalue weighted by Gasteiger charge is 2.27. The predicted molar refractivity (Wildman–Crippen MR) is 70.2 cm³/mol. The Morgan fingerprint density at radius 1 is 1.07 bits per heavy atom. The van der Waals surface area contributed by atoms with Crippen molar-refractivity contribution in [3.05, 3.63) is 24.3 Å². The fourth-order valence-corrected chi connectivity index (χ4v) is 4.06. The van der Waals surface area contributed by atoms with Crippen LogP contribution in [0.4, 0.5) is 11.4 Å². The highest BCUT2D eigenvalue weighted by molar-refractivity contribution is 6.77. The van der Waals surface area contributed by atoms with Crippen LogP contribution in [0.2, 0.25) is 25.2 Å². The molecule has 2 N–H and O–H groups in total. The molecule has 82 valence electrons. The summed E-state index contributed by atoms with van der Waals surface area (Å²) in [6.45, 7) is 7.44. The largest absolute Gasteiger partial charge is 0.399 e. The van der Waals surface area contributed by atoms with Gasteiger partial charge >= 0.3 is 0 Å². The molecule has 2 rings (SSSR count). The second kappa shape index (κ2) is 3.89. The van der Waals surface area contributed by atoms with Gasteiger partial charge in [0, 0.05) is 24.5 Å². The van der Waals surface area contributed by atoms with Gasteiger partial charge in [-0.2, -0.15) is 0 Å². The van der Waals surface area contributed by atoms with Gasteiger partial charge in [0.05, 0.1) is 8.07 Å². The van der Waals surface area contributed by atoms with E-state index in [0.717, 1.165) is 5.69 Å². The topological polar surface area (TPSA) is 29.3 Å². The van der Waals surface area contributed by atoms with Gasteiger partial charge in [0.25, 0.3) is 0 Å². The van der Waals surface area contributed by atoms with E-state index in [9.17, 15) is 0 Å². The van der Waals surface area contributed by atoms with Gasteiger partial charge in [-0.15, -0.1) is 0 Å². The molecule has 0 aromatic heterocycles. The van der Waals surface area contributed by atoms with Gasteiger partial charge in [-0.05, 0) is 36.4 Å². The molecule has 1 heterocycles. The van der Waals surface area contributed by atoms with E-state index in [-0.39, 0.29) is 0 Å². The maximum atomic E-state index is 5.69. The van der Waals surface area contributed by atoms with Crippen LogP contribution in [0, 0.1) is 0 Å². The molecule has 1 aliphatic heterocycles. The van der Waals surface area contributed by atoms with E-state index in [1.54, 1.807) is 0 Å². The summed E-state index contributed by atoms with van der Waals surface area (Å²) >= 11 is 0. The first-order chi connectivity index (χ1) is 7.07. The summed E-state index contributed by atoms with van der Waals surface area (Å²) in [7, 11) is -0.842. The molecule has 1 saturated heterocycles. The van der Waals surface area contributed by atoms with E-state index >= 15 is 0 Å². The average Bonchev–Trinajstić information content (AvgIpc) is 2.20. The summed E-state index contributed by atoms with van der Waals surface area (Å²) < 4.78 is 0. The Balaban J connectivity index is 2.04. The summed E-state index contributed by atoms with van der Waals surface area (Å²) in [5.41, 5.74) is 7.87. The van der Waals surface area contributed by atoms with Crippen molar-refractivity contribution in [3.63, 3.8) is 0 Å². The van der Waals surface area contributed by atoms with E-state index in [1.165, 1.54) is 30.9 Å². The Kier molecular flexibility index (Phi) is 2.74. The van der Waals surface area contributed by atoms with Crippen molar-refractivity contribution in [1.82, 2.24) is 0 Å². The van der Waals surface area contributed by atoms with Crippen LogP contribution in [0.25, 0.3) is 0 Å². The van der Waals surface area contributed by atoms with E-state index in [4.69, 9.17) is 5.73 Å². The van der Waals surface area contributed by atoms with Gasteiger partial charge in [-0.1, -0.05) is 13.1 Å². The Hall–Kier alpha value is -0.963. The molecule has 1 aromatic rings. The summed E-state index contributed by atoms with van der Waals surface area (Å²) in [6, 6.07) is 11.1. The maximum absolute atomic E-state index is 5.69. The zero-order chi connectivity index (χ0) is 10.9. The van der Waals surface area contributed by atoms with Gasteiger partial charge in [-0.3, -0.25) is 0 Å². The standard InChI is InChI=1S/C12H20N2Si/c1-15(2)9-7-14(8-10-15)12-5-3-11(13)4-6-12/h3-6H,7-10,13H2,1-2H3. The fraction of sp³-hybridized carbons (Fsp3) is 0.500. The van der Waals surface area contributed by atoms with Gasteiger partial charge < -0.3 is 10.6 Å². The van der Waals surface area contributed by atoms with Crippen LogP contribution in [0.15, 0.2) is 24.3 Å². The minimum absolute atomic E-state index is 0.842. The van der Waals surface area contributed by atoms with Gasteiger partial charge in [-0.25, -0.2) is 0 Å². The Morgan fingerprint density at radius 2 is 1.60 bits per heavy atom. The zero-order valence-corrected chi connectivity index (χ0v) is 10.7. The van der Waals surface area contributed by atoms with Crippen LogP contribution in [-0.2, 0) is 0 Å². The molecule has 0 radical (unpaired) electrons. The number of benzene rings is 1. The molecule has 0 amide bonds. The van der Waals surface area contributed by atoms with Crippen molar-refractivity contribution in [1.29, 1.82) is 0 Å². The first-order valence-corrected chi connectivity index (χ1v) is 9.09. The van der Waals surface area contributed by atoms with Crippen LogP contribution in [-0.4, -0.2) is 21.2 Å². The van der Waals surface area contributed by atoms with Crippen LogP contribution in [0.5, 0.6) is 0 Å². The number of nitrogen functional groups attached to an aromatic ring is 1. The number of rotatable bonds is 1. The van der Waals surface area contributed by atoms with Gasteiger partial charge in [0.2, 0.25) is 0 Å². The quantitative estimate of drug-likeness (QED) is 0.582. The predicted octanol–water partition coefficient (Wildman–Crippen LogP) is 2.80. The van der Waals surface area contributed by atoms with Gasteiger partial charge in [0.15, 0.2) is 0 Å². The smallest absolute Gasteiger partial charge is 0.0508 e. The maximum Gasteiger partial charge on any atom is 0.0508 e. The van der Waals surface area contributed by atoms with Crippen LogP contribution in [0.1, 0.15) is 0 Å². The van der Waals surface area contributed by atoms with Crippen molar-refractivity contribution >= 4 is 19.4 Å². The molecule has 1 aromatic carbocycles. The third-order valence-electron chi connectivity index (χ3n) is 3.38. The first-order valence-electron chi connectivity index (χ1n) is 5.67. The highest BCUT2D eigenvalue weighted by Crippen LogP contribution is 2.26. The molecule has 15 heavy (non-hydrogen) atoms. The van der Waals surface area contributed by atoms with Crippen LogP contribution >= 0.6 is 0 Å². The molecule has 0 saturated carbocycles. The van der Waals surface area contributed by atoms with Crippen LogP contribution < -0.4 is 10.6 Å². The van der Waals surface area contributed by atoms with E-state index < -0.39 is 8.07 Å². The third-order valence-corrected chi connectivity index (χ3v) is 6.53. The van der Waals surface area contributed by atoms with E-state index in [1.807, 2.05) is 12.1 Å². The number of nitrogens with two attached hydrogens (primary N) is 1. The first kappa shape index (κ1) is 10.6. The molecule has 2 nitrogen and oxygen atoms in total. The normalized spacial score (nSPS) is 20.3. The highest BCUT2D eigenvalue weighted by atomic mass is 28.3. The molecule has 0 bridgehead atoms. The molecule has 0 aliphatic carbocycles. The number of nitrogens with zero attached hydrogens (tertiary/aromatic N) is 1. The second-order valence-electron chi connectivity index (χ2n) is 5.24. The average molecular weight is 220 g/mol. The molecule has 1 aliphatic rings. The monoisotopic (exact) mass is 220 g/mol. The van der Waals surface area contributed by atoms with E-state index in [0.29, 0.717) is 0 Å². The third kappa shape index (κ3) is 2.53. The molecular formula is C12H20N2Si. The molecule has 0 atom stereocenters. The summed E-state index contributed by atoms with van der Waals surface area (Å²) in [4.78, 5) is 2.48. The number of hydrogen-bond donors (Lipinski definition) is 1. The Labute approximate surface area is 93.1 Å². The second-order valence-corrected chi connectivity index (χ2v) is 10.6. The van der Waals surface area contributed by atoms with Crippen molar-refractivity contribution in [2.24, 2.45) is 0 Å². The number of anilines is 2. The lowest BCUT2D eigenvalue weighted by Gasteiger charge is -2.37. The SMILES string of the molecule is C[Si]1(C)CCN(c2ccc(N)cc2)CC1. The molecular weight excluding hydrogens is 200 g/mol. The lowest BCUT2D eigenvalue weighted by molar-refractivity contribution is 0.806. The molecule has 0 unspecified atom stereocenters. The lowest BCUT2D eigenvalue weighted by atomic mass is 10.2. The van der Waals surface area contributed by atoms with Crippen molar-refractivity contribution in [3.8, 4) is 0 Å². The minimum Gasteiger partial charge on any atom is -0.399 e. The Morgan fingerprint density at radius 3 is 2.13 bits per heavy atom. The molecule has 3 heteroatoms. The lowest BCUT2D eigenvalue weighted by Crippen LogP contribution is -2.42. The molecule has 1 fully saturated rings. The van der Waals surface area contributed by atoms with Crippen LogP contribution in [0.3, 0.4) is 0 Å². The van der Waals surface area contributed by atoms with Crippen molar-refractivity contribution < 1.29 is 0 Å². The minimum atomic E-state index is -0.842. The van der Waals surface area contributed by atoms with Crippen molar-refractivity contribution in [2.75, 3.05) is 23.7 Å². The van der Waals surface area contributed by atoms with E-state index in [2.05, 4.69) is 30.1 Å². The summed E-state index contributed by atoms with van der Waals surface area (Å²) in [5.74, 6) is 0. The van der Waals surface area contributed by atoms with Crippen molar-refractivity contribution in [2.45, 2.75) is 25.2 Å². The molecule has 0 spiro atoms. The number of hydrogen-bond acceptors (Lipinski definition) is 2. The fourth-order valence-electron chi connectivity index (χ4n) is 2.06.